The summed E-state index contributed by atoms with van der Waals surface area (Å²) in [6.07, 6.45) is 8.80. The van der Waals surface area contributed by atoms with Crippen molar-refractivity contribution in [1.29, 1.82) is 0 Å². The number of carboxylic acid groups (broad SMARTS) is 1. The van der Waals surface area contributed by atoms with Crippen LogP contribution in [0.5, 0.6) is 0 Å². The maximum absolute atomic E-state index is 11.4. The van der Waals surface area contributed by atoms with Gasteiger partial charge in [0.15, 0.2) is 5.82 Å². The third kappa shape index (κ3) is 3.04. The molecule has 1 aliphatic carbocycles. The van der Waals surface area contributed by atoms with Gasteiger partial charge in [-0.2, -0.15) is 0 Å². The van der Waals surface area contributed by atoms with E-state index in [2.05, 4.69) is 19.9 Å². The van der Waals surface area contributed by atoms with Crippen LogP contribution in [0.15, 0.2) is 36.9 Å². The van der Waals surface area contributed by atoms with Crippen molar-refractivity contribution in [3.8, 4) is 11.4 Å². The van der Waals surface area contributed by atoms with Crippen molar-refractivity contribution >= 4 is 33.8 Å². The zero-order valence-corrected chi connectivity index (χ0v) is 16.8. The van der Waals surface area contributed by atoms with Gasteiger partial charge in [-0.05, 0) is 36.5 Å². The molecule has 1 aliphatic heterocycles. The first-order chi connectivity index (χ1) is 15.2. The molecule has 9 heteroatoms. The van der Waals surface area contributed by atoms with E-state index < -0.39 is 6.09 Å². The van der Waals surface area contributed by atoms with Gasteiger partial charge in [0, 0.05) is 61.1 Å². The average molecular weight is 415 g/mol. The maximum atomic E-state index is 11.4. The van der Waals surface area contributed by atoms with Gasteiger partial charge in [-0.25, -0.2) is 19.7 Å². The first kappa shape index (κ1) is 18.1. The molecule has 1 amide bonds. The number of fused-ring (bicyclic) bond motifs is 2. The maximum Gasteiger partial charge on any atom is 0.407 e. The fourth-order valence-corrected chi connectivity index (χ4v) is 4.41. The van der Waals surface area contributed by atoms with Crippen molar-refractivity contribution in [2.75, 3.05) is 31.1 Å². The molecule has 2 aliphatic rings. The second-order valence-corrected chi connectivity index (χ2v) is 8.12. The molecule has 0 radical (unpaired) electrons. The molecule has 156 valence electrons. The smallest absolute Gasteiger partial charge is 0.407 e. The van der Waals surface area contributed by atoms with Crippen molar-refractivity contribution in [2.45, 2.75) is 18.8 Å². The first-order valence-corrected chi connectivity index (χ1v) is 10.5. The van der Waals surface area contributed by atoms with E-state index in [1.165, 1.54) is 10.5 Å². The van der Waals surface area contributed by atoms with Gasteiger partial charge in [-0.1, -0.05) is 0 Å². The lowest BCUT2D eigenvalue weighted by Gasteiger charge is -2.34. The Bertz CT molecular complexity index is 1310. The Morgan fingerprint density at radius 3 is 2.71 bits per heavy atom. The number of nitrogens with one attached hydrogen (secondary N) is 1. The van der Waals surface area contributed by atoms with Gasteiger partial charge in [0.2, 0.25) is 0 Å². The van der Waals surface area contributed by atoms with Crippen LogP contribution in [0.3, 0.4) is 0 Å². The molecule has 0 unspecified atom stereocenters. The molecule has 4 aromatic rings. The Labute approximate surface area is 177 Å². The number of amides is 1. The van der Waals surface area contributed by atoms with E-state index in [0.717, 1.165) is 46.2 Å². The molecule has 9 nitrogen and oxygen atoms in total. The molecule has 1 saturated carbocycles. The van der Waals surface area contributed by atoms with Gasteiger partial charge in [-0.3, -0.25) is 4.98 Å². The Kier molecular flexibility index (Phi) is 4.02. The lowest BCUT2D eigenvalue weighted by molar-refractivity contribution is 0.142. The van der Waals surface area contributed by atoms with Crippen LogP contribution in [0, 0.1) is 0 Å². The number of hydrogen-bond acceptors (Lipinski definition) is 6. The number of pyridine rings is 2. The zero-order chi connectivity index (χ0) is 20.9. The molecule has 1 saturated heterocycles. The van der Waals surface area contributed by atoms with Crippen LogP contribution in [0.4, 0.5) is 10.6 Å². The highest BCUT2D eigenvalue weighted by molar-refractivity contribution is 5.97. The molecule has 5 heterocycles. The fraction of sp³-hybridized carbons (Fsp3) is 0.318. The lowest BCUT2D eigenvalue weighted by Crippen LogP contribution is -2.48. The third-order valence-corrected chi connectivity index (χ3v) is 6.19. The van der Waals surface area contributed by atoms with Crippen LogP contribution in [0.1, 0.15) is 24.3 Å². The number of nitrogens with zero attached hydrogens (tertiary/aromatic N) is 6. The number of aromatic nitrogens is 5. The summed E-state index contributed by atoms with van der Waals surface area (Å²) >= 11 is 0. The minimum Gasteiger partial charge on any atom is -0.465 e. The Morgan fingerprint density at radius 1 is 1.10 bits per heavy atom. The number of aromatic amines is 1. The number of rotatable bonds is 3. The zero-order valence-electron chi connectivity index (χ0n) is 16.8. The first-order valence-electron chi connectivity index (χ1n) is 10.5. The molecule has 2 N–H and O–H groups in total. The average Bonchev–Trinajstić information content (AvgIpc) is 3.53. The Morgan fingerprint density at radius 2 is 1.94 bits per heavy atom. The predicted octanol–water partition coefficient (Wildman–Crippen LogP) is 3.25. The second-order valence-electron chi connectivity index (χ2n) is 8.12. The van der Waals surface area contributed by atoms with Crippen molar-refractivity contribution in [1.82, 2.24) is 29.8 Å². The van der Waals surface area contributed by atoms with Crippen molar-refractivity contribution in [2.24, 2.45) is 0 Å². The minimum absolute atomic E-state index is 0.456. The summed E-state index contributed by atoms with van der Waals surface area (Å²) in [5.41, 5.74) is 3.73. The minimum atomic E-state index is -0.873. The molecular formula is C22H21N7O2. The summed E-state index contributed by atoms with van der Waals surface area (Å²) in [7, 11) is 0. The van der Waals surface area contributed by atoms with Crippen LogP contribution in [0.25, 0.3) is 33.3 Å². The molecule has 0 bridgehead atoms. The largest absolute Gasteiger partial charge is 0.465 e. The molecule has 0 atom stereocenters. The van der Waals surface area contributed by atoms with E-state index in [-0.39, 0.29) is 0 Å². The van der Waals surface area contributed by atoms with E-state index >= 15 is 0 Å². The summed E-state index contributed by atoms with van der Waals surface area (Å²) in [6.45, 7) is 2.11. The van der Waals surface area contributed by atoms with Crippen molar-refractivity contribution in [3.05, 3.63) is 42.5 Å². The summed E-state index contributed by atoms with van der Waals surface area (Å²) < 4.78 is 0. The van der Waals surface area contributed by atoms with Crippen LogP contribution >= 0.6 is 0 Å². The van der Waals surface area contributed by atoms with Crippen LogP contribution in [0.2, 0.25) is 0 Å². The summed E-state index contributed by atoms with van der Waals surface area (Å²) in [4.78, 5) is 36.9. The van der Waals surface area contributed by atoms with E-state index in [4.69, 9.17) is 9.97 Å². The molecular weight excluding hydrogens is 394 g/mol. The summed E-state index contributed by atoms with van der Waals surface area (Å²) in [5, 5.41) is 11.3. The number of carbonyl (C=O) groups is 1. The second kappa shape index (κ2) is 6.90. The molecule has 31 heavy (non-hydrogen) atoms. The predicted molar refractivity (Wildman–Crippen MR) is 116 cm³/mol. The topological polar surface area (TPSA) is 111 Å². The normalized spacial score (nSPS) is 16.9. The van der Waals surface area contributed by atoms with E-state index in [0.29, 0.717) is 37.9 Å². The number of H-pyrrole nitrogens is 1. The summed E-state index contributed by atoms with van der Waals surface area (Å²) in [5.74, 6) is 2.00. The molecule has 6 rings (SSSR count). The summed E-state index contributed by atoms with van der Waals surface area (Å²) in [6, 6.07) is 3.91. The monoisotopic (exact) mass is 415 g/mol. The quantitative estimate of drug-likeness (QED) is 0.528. The van der Waals surface area contributed by atoms with Gasteiger partial charge in [0.05, 0.1) is 11.7 Å². The van der Waals surface area contributed by atoms with Crippen LogP contribution in [-0.4, -0.2) is 67.2 Å². The van der Waals surface area contributed by atoms with Crippen LogP contribution in [-0.2, 0) is 0 Å². The standard InChI is InChI=1S/C22H21N7O2/c30-22(31)29-9-7-28(8-10-29)21-18-16(13-1-2-13)11-23-12-17(18)26-20(27-21)15-4-6-25-19-14(15)3-5-24-19/h3-6,11-13H,1-2,7-10H2,(H,24,25)(H,30,31). The molecule has 2 fully saturated rings. The lowest BCUT2D eigenvalue weighted by atomic mass is 10.1. The Hall–Kier alpha value is -3.75. The van der Waals surface area contributed by atoms with Gasteiger partial charge >= 0.3 is 6.09 Å². The molecule has 0 aromatic carbocycles. The third-order valence-electron chi connectivity index (χ3n) is 6.19. The van der Waals surface area contributed by atoms with Gasteiger partial charge in [-0.15, -0.1) is 0 Å². The fourth-order valence-electron chi connectivity index (χ4n) is 4.41. The number of hydrogen-bond donors (Lipinski definition) is 2. The number of piperazine rings is 1. The highest BCUT2D eigenvalue weighted by atomic mass is 16.4. The van der Waals surface area contributed by atoms with Gasteiger partial charge in [0.1, 0.15) is 11.5 Å². The van der Waals surface area contributed by atoms with E-state index in [1.807, 2.05) is 24.5 Å². The van der Waals surface area contributed by atoms with E-state index in [1.54, 1.807) is 12.4 Å². The van der Waals surface area contributed by atoms with E-state index in [9.17, 15) is 9.90 Å². The highest BCUT2D eigenvalue weighted by Crippen LogP contribution is 2.45. The van der Waals surface area contributed by atoms with Gasteiger partial charge < -0.3 is 19.9 Å². The SMILES string of the molecule is O=C(O)N1CCN(c2nc(-c3ccnc4[nH]ccc34)nc3cncc(C4CC4)c23)CC1. The number of anilines is 1. The van der Waals surface area contributed by atoms with Gasteiger partial charge in [0.25, 0.3) is 0 Å². The molecule has 0 spiro atoms. The van der Waals surface area contributed by atoms with Crippen molar-refractivity contribution < 1.29 is 9.90 Å². The Balaban J connectivity index is 1.53. The molecule has 4 aromatic heterocycles. The van der Waals surface area contributed by atoms with Crippen LogP contribution < -0.4 is 4.90 Å². The highest BCUT2D eigenvalue weighted by Gasteiger charge is 2.30. The van der Waals surface area contributed by atoms with Crippen molar-refractivity contribution in [3.63, 3.8) is 0 Å².